The summed E-state index contributed by atoms with van der Waals surface area (Å²) in [5.74, 6) is 0.775. The van der Waals surface area contributed by atoms with E-state index in [2.05, 4.69) is 17.0 Å². The second-order valence-corrected chi connectivity index (χ2v) is 4.38. The third-order valence-electron chi connectivity index (χ3n) is 3.17. The Morgan fingerprint density at radius 2 is 2.06 bits per heavy atom. The van der Waals surface area contributed by atoms with Gasteiger partial charge in [-0.05, 0) is 44.9 Å². The van der Waals surface area contributed by atoms with Crippen LogP contribution in [-0.2, 0) is 6.42 Å². The lowest BCUT2D eigenvalue weighted by molar-refractivity contribution is 0.101. The van der Waals surface area contributed by atoms with Crippen molar-refractivity contribution in [2.75, 3.05) is 0 Å². The highest BCUT2D eigenvalue weighted by atomic mass is 16.1. The zero-order chi connectivity index (χ0) is 13.3. The minimum atomic E-state index is 0.0247. The Morgan fingerprint density at radius 1 is 1.33 bits per heavy atom. The van der Waals surface area contributed by atoms with Crippen molar-refractivity contribution in [3.8, 4) is 5.82 Å². The van der Waals surface area contributed by atoms with Crippen LogP contribution in [-0.4, -0.2) is 20.5 Å². The summed E-state index contributed by atoms with van der Waals surface area (Å²) < 4.78 is 1.83. The molecule has 0 aliphatic heterocycles. The Hall–Kier alpha value is -1.97. The van der Waals surface area contributed by atoms with E-state index >= 15 is 0 Å². The van der Waals surface area contributed by atoms with Crippen LogP contribution in [0.3, 0.4) is 0 Å². The first-order chi connectivity index (χ1) is 8.54. The van der Waals surface area contributed by atoms with Crippen molar-refractivity contribution in [3.63, 3.8) is 0 Å². The maximum absolute atomic E-state index is 11.2. The first kappa shape index (κ1) is 12.5. The molecule has 0 bridgehead atoms. The van der Waals surface area contributed by atoms with E-state index < -0.39 is 0 Å². The zero-order valence-corrected chi connectivity index (χ0v) is 11.2. The van der Waals surface area contributed by atoms with Gasteiger partial charge in [-0.1, -0.05) is 6.92 Å². The van der Waals surface area contributed by atoms with Crippen molar-refractivity contribution < 1.29 is 4.79 Å². The summed E-state index contributed by atoms with van der Waals surface area (Å²) in [6.07, 6.45) is 2.56. The van der Waals surface area contributed by atoms with E-state index in [0.29, 0.717) is 5.56 Å². The molecule has 0 saturated heterocycles. The highest BCUT2D eigenvalue weighted by molar-refractivity contribution is 5.93. The number of carbonyl (C=O) groups is 1. The summed E-state index contributed by atoms with van der Waals surface area (Å²) in [5, 5.41) is 4.50. The monoisotopic (exact) mass is 243 g/mol. The van der Waals surface area contributed by atoms with Crippen LogP contribution in [0, 0.1) is 13.8 Å². The molecule has 2 rings (SSSR count). The molecule has 4 nitrogen and oxygen atoms in total. The molecule has 0 amide bonds. The Labute approximate surface area is 107 Å². The molecule has 2 aromatic heterocycles. The summed E-state index contributed by atoms with van der Waals surface area (Å²) >= 11 is 0. The molecule has 2 aromatic rings. The molecule has 0 aromatic carbocycles. The van der Waals surface area contributed by atoms with Gasteiger partial charge in [-0.15, -0.1) is 0 Å². The Bertz CT molecular complexity index is 582. The normalized spacial score (nSPS) is 10.7. The third kappa shape index (κ3) is 2.06. The van der Waals surface area contributed by atoms with Gasteiger partial charge in [0.1, 0.15) is 0 Å². The summed E-state index contributed by atoms with van der Waals surface area (Å²) in [4.78, 5) is 15.5. The molecule has 4 heteroatoms. The smallest absolute Gasteiger partial charge is 0.161 e. The number of aromatic nitrogens is 3. The van der Waals surface area contributed by atoms with Crippen molar-refractivity contribution in [1.82, 2.24) is 14.8 Å². The summed E-state index contributed by atoms with van der Waals surface area (Å²) in [6.45, 7) is 7.70. The van der Waals surface area contributed by atoms with Crippen LogP contribution in [0.4, 0.5) is 0 Å². The molecule has 18 heavy (non-hydrogen) atoms. The topological polar surface area (TPSA) is 47.8 Å². The van der Waals surface area contributed by atoms with Gasteiger partial charge in [0.05, 0.1) is 5.69 Å². The Kier molecular flexibility index (Phi) is 3.28. The fourth-order valence-corrected chi connectivity index (χ4v) is 2.13. The summed E-state index contributed by atoms with van der Waals surface area (Å²) in [6, 6.07) is 3.61. The van der Waals surface area contributed by atoms with Crippen molar-refractivity contribution in [2.24, 2.45) is 0 Å². The van der Waals surface area contributed by atoms with Gasteiger partial charge in [-0.25, -0.2) is 9.67 Å². The predicted molar refractivity (Wildman–Crippen MR) is 70.2 cm³/mol. The Morgan fingerprint density at radius 3 is 2.50 bits per heavy atom. The number of hydrogen-bond donors (Lipinski definition) is 0. The van der Waals surface area contributed by atoms with Crippen molar-refractivity contribution in [2.45, 2.75) is 34.1 Å². The molecule has 0 aliphatic rings. The Balaban J connectivity index is 2.46. The molecule has 0 atom stereocenters. The molecule has 0 fully saturated rings. The molecule has 0 radical (unpaired) electrons. The number of ketones is 1. The number of aryl methyl sites for hydroxylation is 1. The maximum atomic E-state index is 11.2. The standard InChI is InChI=1S/C14H17N3O/c1-5-13-9(2)16-17(10(13)3)14-7-6-12(8-15-14)11(4)18/h6-8H,5H2,1-4H3. The van der Waals surface area contributed by atoms with E-state index in [0.717, 1.165) is 23.6 Å². The fraction of sp³-hybridized carbons (Fsp3) is 0.357. The van der Waals surface area contributed by atoms with Crippen molar-refractivity contribution in [1.29, 1.82) is 0 Å². The van der Waals surface area contributed by atoms with E-state index in [1.807, 2.05) is 24.6 Å². The van der Waals surface area contributed by atoms with Gasteiger partial charge in [0.25, 0.3) is 0 Å². The molecule has 0 aliphatic carbocycles. The molecular weight excluding hydrogens is 226 g/mol. The van der Waals surface area contributed by atoms with Crippen LogP contribution < -0.4 is 0 Å². The molecule has 0 N–H and O–H groups in total. The lowest BCUT2D eigenvalue weighted by Gasteiger charge is -2.04. The first-order valence-electron chi connectivity index (χ1n) is 6.07. The lowest BCUT2D eigenvalue weighted by Crippen LogP contribution is -2.03. The van der Waals surface area contributed by atoms with Crippen LogP contribution >= 0.6 is 0 Å². The van der Waals surface area contributed by atoms with Gasteiger partial charge >= 0.3 is 0 Å². The maximum Gasteiger partial charge on any atom is 0.161 e. The molecule has 2 heterocycles. The minimum Gasteiger partial charge on any atom is -0.294 e. The highest BCUT2D eigenvalue weighted by Crippen LogP contribution is 2.17. The molecule has 0 spiro atoms. The van der Waals surface area contributed by atoms with Gasteiger partial charge in [0, 0.05) is 17.5 Å². The average Bonchev–Trinajstić information content (AvgIpc) is 2.64. The van der Waals surface area contributed by atoms with Crippen molar-refractivity contribution in [3.05, 3.63) is 40.8 Å². The van der Waals surface area contributed by atoms with E-state index in [4.69, 9.17) is 0 Å². The molecule has 0 saturated carbocycles. The van der Waals surface area contributed by atoms with E-state index in [1.165, 1.54) is 12.5 Å². The first-order valence-corrected chi connectivity index (χ1v) is 6.07. The van der Waals surface area contributed by atoms with Gasteiger partial charge in [-0.2, -0.15) is 5.10 Å². The number of Topliss-reactive ketones (excluding diaryl/α,β-unsaturated/α-hetero) is 1. The van der Waals surface area contributed by atoms with Crippen LogP contribution in [0.15, 0.2) is 18.3 Å². The highest BCUT2D eigenvalue weighted by Gasteiger charge is 2.12. The summed E-state index contributed by atoms with van der Waals surface area (Å²) in [5.41, 5.74) is 4.02. The fourth-order valence-electron chi connectivity index (χ4n) is 2.13. The minimum absolute atomic E-state index is 0.0247. The van der Waals surface area contributed by atoms with Gasteiger partial charge < -0.3 is 0 Å². The number of carbonyl (C=O) groups excluding carboxylic acids is 1. The number of nitrogens with zero attached hydrogens (tertiary/aromatic N) is 3. The number of hydrogen-bond acceptors (Lipinski definition) is 3. The average molecular weight is 243 g/mol. The number of rotatable bonds is 3. The predicted octanol–water partition coefficient (Wildman–Crippen LogP) is 2.65. The lowest BCUT2D eigenvalue weighted by atomic mass is 10.1. The largest absolute Gasteiger partial charge is 0.294 e. The zero-order valence-electron chi connectivity index (χ0n) is 11.2. The van der Waals surface area contributed by atoms with Gasteiger partial charge in [0.2, 0.25) is 0 Å². The third-order valence-corrected chi connectivity index (χ3v) is 3.17. The number of pyridine rings is 1. The van der Waals surface area contributed by atoms with Gasteiger partial charge in [-0.3, -0.25) is 4.79 Å². The van der Waals surface area contributed by atoms with Crippen LogP contribution in [0.25, 0.3) is 5.82 Å². The molecule has 0 unspecified atom stereocenters. The second-order valence-electron chi connectivity index (χ2n) is 4.38. The van der Waals surface area contributed by atoms with Crippen LogP contribution in [0.1, 0.15) is 41.2 Å². The SMILES string of the molecule is CCc1c(C)nn(-c2ccc(C(C)=O)cn2)c1C. The molecule has 94 valence electrons. The van der Waals surface area contributed by atoms with E-state index in [1.54, 1.807) is 12.3 Å². The van der Waals surface area contributed by atoms with Crippen LogP contribution in [0.5, 0.6) is 0 Å². The quantitative estimate of drug-likeness (QED) is 0.779. The van der Waals surface area contributed by atoms with Crippen molar-refractivity contribution >= 4 is 5.78 Å². The molecular formula is C14H17N3O. The van der Waals surface area contributed by atoms with E-state index in [-0.39, 0.29) is 5.78 Å². The van der Waals surface area contributed by atoms with Crippen LogP contribution in [0.2, 0.25) is 0 Å². The van der Waals surface area contributed by atoms with E-state index in [9.17, 15) is 4.79 Å². The van der Waals surface area contributed by atoms with Gasteiger partial charge in [0.15, 0.2) is 11.6 Å². The second kappa shape index (κ2) is 4.72. The summed E-state index contributed by atoms with van der Waals surface area (Å²) in [7, 11) is 0.